The van der Waals surface area contributed by atoms with E-state index in [1.165, 1.54) is 0 Å². The van der Waals surface area contributed by atoms with Crippen molar-refractivity contribution in [2.75, 3.05) is 37.7 Å². The molecule has 2 aliphatic heterocycles. The Morgan fingerprint density at radius 2 is 1.89 bits per heavy atom. The Morgan fingerprint density at radius 3 is 2.61 bits per heavy atom. The maximum Gasteiger partial charge on any atom is 0.241 e. The summed E-state index contributed by atoms with van der Waals surface area (Å²) in [6.07, 6.45) is 0.271. The van der Waals surface area contributed by atoms with Crippen LogP contribution in [0.15, 0.2) is 35.7 Å². The molecule has 1 aromatic carbocycles. The molecule has 1 aromatic heterocycles. The molecule has 0 aliphatic carbocycles. The summed E-state index contributed by atoms with van der Waals surface area (Å²) in [4.78, 5) is 18.5. The van der Waals surface area contributed by atoms with Crippen molar-refractivity contribution in [1.29, 1.82) is 0 Å². The van der Waals surface area contributed by atoms with Crippen LogP contribution in [-0.2, 0) is 16.1 Å². The molecule has 1 saturated heterocycles. The van der Waals surface area contributed by atoms with Gasteiger partial charge >= 0.3 is 0 Å². The molecule has 28 heavy (non-hydrogen) atoms. The lowest BCUT2D eigenvalue weighted by Crippen LogP contribution is -2.49. The van der Waals surface area contributed by atoms with Crippen molar-refractivity contribution < 1.29 is 19.0 Å². The molecule has 0 radical (unpaired) electrons. The number of benzene rings is 1. The monoisotopic (exact) mass is 402 g/mol. The average Bonchev–Trinajstić information content (AvgIpc) is 3.18. The minimum atomic E-state index is 0.0753. The molecule has 0 bridgehead atoms. The molecule has 3 heterocycles. The number of hydrogen-bond donors (Lipinski definition) is 0. The number of ether oxygens (including phenoxy) is 3. The maximum absolute atomic E-state index is 13.3. The van der Waals surface area contributed by atoms with Crippen LogP contribution in [-0.4, -0.2) is 55.9 Å². The minimum absolute atomic E-state index is 0.0753. The van der Waals surface area contributed by atoms with Gasteiger partial charge < -0.3 is 19.1 Å². The maximum atomic E-state index is 13.3. The number of carbonyl (C=O) groups excluding carboxylic acids is 1. The Labute approximate surface area is 169 Å². The van der Waals surface area contributed by atoms with E-state index in [1.807, 2.05) is 34.5 Å². The first-order valence-corrected chi connectivity index (χ1v) is 10.6. The van der Waals surface area contributed by atoms with Crippen LogP contribution in [0.1, 0.15) is 18.7 Å². The van der Waals surface area contributed by atoms with Crippen molar-refractivity contribution in [2.45, 2.75) is 32.6 Å². The summed E-state index contributed by atoms with van der Waals surface area (Å²) in [5.74, 6) is 1.50. The smallest absolute Gasteiger partial charge is 0.241 e. The van der Waals surface area contributed by atoms with Gasteiger partial charge in [0.05, 0.1) is 25.3 Å². The third-order valence-corrected chi connectivity index (χ3v) is 5.75. The summed E-state index contributed by atoms with van der Waals surface area (Å²) < 4.78 is 17.1. The highest BCUT2D eigenvalue weighted by atomic mass is 32.1. The van der Waals surface area contributed by atoms with Gasteiger partial charge in [0, 0.05) is 29.7 Å². The molecule has 2 atom stereocenters. The lowest BCUT2D eigenvalue weighted by atomic mass is 10.2. The van der Waals surface area contributed by atoms with Crippen molar-refractivity contribution in [2.24, 2.45) is 0 Å². The van der Waals surface area contributed by atoms with Gasteiger partial charge in [0.2, 0.25) is 5.91 Å². The number of morpholine rings is 1. The normalized spacial score (nSPS) is 22.1. The van der Waals surface area contributed by atoms with Crippen molar-refractivity contribution in [3.63, 3.8) is 0 Å². The number of nitrogens with zero attached hydrogens (tertiary/aromatic N) is 2. The van der Waals surface area contributed by atoms with E-state index in [4.69, 9.17) is 14.2 Å². The van der Waals surface area contributed by atoms with E-state index in [0.717, 1.165) is 29.4 Å². The van der Waals surface area contributed by atoms with Gasteiger partial charge in [0.1, 0.15) is 13.2 Å². The van der Waals surface area contributed by atoms with E-state index in [2.05, 4.69) is 24.8 Å². The average molecular weight is 403 g/mol. The SMILES string of the molecule is C[C@@H]1CN(CC(=O)N(Cc2cccs2)c2ccc3c(c2)OCCO3)C[C@H](C)O1. The molecule has 4 rings (SSSR count). The highest BCUT2D eigenvalue weighted by Crippen LogP contribution is 2.34. The zero-order chi connectivity index (χ0) is 19.5. The number of thiophene rings is 1. The fourth-order valence-corrected chi connectivity index (χ4v) is 4.46. The molecule has 0 N–H and O–H groups in total. The van der Waals surface area contributed by atoms with E-state index < -0.39 is 0 Å². The van der Waals surface area contributed by atoms with Crippen molar-refractivity contribution in [3.05, 3.63) is 40.6 Å². The van der Waals surface area contributed by atoms with Crippen molar-refractivity contribution >= 4 is 22.9 Å². The Balaban J connectivity index is 1.55. The second-order valence-corrected chi connectivity index (χ2v) is 8.37. The lowest BCUT2D eigenvalue weighted by molar-refractivity contribution is -0.123. The van der Waals surface area contributed by atoms with Gasteiger partial charge in [-0.05, 0) is 37.4 Å². The fourth-order valence-electron chi connectivity index (χ4n) is 3.77. The third kappa shape index (κ3) is 4.48. The Kier molecular flexibility index (Phi) is 5.85. The predicted octanol–water partition coefficient (Wildman–Crippen LogP) is 3.16. The van der Waals surface area contributed by atoms with E-state index in [1.54, 1.807) is 11.3 Å². The summed E-state index contributed by atoms with van der Waals surface area (Å²) in [6.45, 7) is 7.64. The molecule has 0 spiro atoms. The number of rotatable bonds is 5. The zero-order valence-corrected chi connectivity index (χ0v) is 17.1. The van der Waals surface area contributed by atoms with E-state index in [0.29, 0.717) is 32.1 Å². The van der Waals surface area contributed by atoms with Crippen LogP contribution in [0.2, 0.25) is 0 Å². The number of hydrogen-bond acceptors (Lipinski definition) is 6. The Hall–Kier alpha value is -2.09. The number of amides is 1. The zero-order valence-electron chi connectivity index (χ0n) is 16.3. The van der Waals surface area contributed by atoms with E-state index >= 15 is 0 Å². The van der Waals surface area contributed by atoms with Gasteiger partial charge in [-0.1, -0.05) is 6.07 Å². The largest absolute Gasteiger partial charge is 0.486 e. The van der Waals surface area contributed by atoms with Crippen molar-refractivity contribution in [3.8, 4) is 11.5 Å². The van der Waals surface area contributed by atoms with Gasteiger partial charge in [-0.3, -0.25) is 9.69 Å². The first-order chi connectivity index (χ1) is 13.6. The summed E-state index contributed by atoms with van der Waals surface area (Å²) >= 11 is 1.66. The summed E-state index contributed by atoms with van der Waals surface area (Å²) in [5, 5.41) is 2.03. The highest BCUT2D eigenvalue weighted by Gasteiger charge is 2.27. The lowest BCUT2D eigenvalue weighted by Gasteiger charge is -2.36. The predicted molar refractivity (Wildman–Crippen MR) is 109 cm³/mol. The molecule has 2 aliphatic rings. The van der Waals surface area contributed by atoms with Gasteiger partial charge in [-0.25, -0.2) is 0 Å². The van der Waals surface area contributed by atoms with Crippen LogP contribution >= 0.6 is 11.3 Å². The first-order valence-electron chi connectivity index (χ1n) is 9.68. The van der Waals surface area contributed by atoms with Crippen LogP contribution in [0.5, 0.6) is 11.5 Å². The topological polar surface area (TPSA) is 51.2 Å². The number of fused-ring (bicyclic) bond motifs is 1. The van der Waals surface area contributed by atoms with Crippen LogP contribution in [0.25, 0.3) is 0 Å². The molecule has 7 heteroatoms. The van der Waals surface area contributed by atoms with Crippen LogP contribution in [0.3, 0.4) is 0 Å². The third-order valence-electron chi connectivity index (χ3n) is 4.89. The van der Waals surface area contributed by atoms with Gasteiger partial charge in [0.15, 0.2) is 11.5 Å². The van der Waals surface area contributed by atoms with Crippen LogP contribution in [0, 0.1) is 0 Å². The molecule has 6 nitrogen and oxygen atoms in total. The molecule has 0 saturated carbocycles. The van der Waals surface area contributed by atoms with Gasteiger partial charge in [0.25, 0.3) is 0 Å². The second-order valence-electron chi connectivity index (χ2n) is 7.34. The molecule has 1 amide bonds. The molecular formula is C21H26N2O4S. The number of anilines is 1. The summed E-state index contributed by atoms with van der Waals surface area (Å²) in [5.41, 5.74) is 0.831. The second kappa shape index (κ2) is 8.51. The van der Waals surface area contributed by atoms with Crippen molar-refractivity contribution in [1.82, 2.24) is 4.90 Å². The standard InChI is InChI=1S/C21H26N2O4S/c1-15-11-22(12-16(2)27-15)14-21(24)23(13-18-4-3-9-28-18)17-5-6-19-20(10-17)26-8-7-25-19/h3-6,9-10,15-16H,7-8,11-14H2,1-2H3/t15-,16+. The molecule has 1 fully saturated rings. The van der Waals surface area contributed by atoms with E-state index in [9.17, 15) is 4.79 Å². The minimum Gasteiger partial charge on any atom is -0.486 e. The fraction of sp³-hybridized carbons (Fsp3) is 0.476. The molecule has 0 unspecified atom stereocenters. The summed E-state index contributed by atoms with van der Waals surface area (Å²) in [7, 11) is 0. The summed E-state index contributed by atoms with van der Waals surface area (Å²) in [6, 6.07) is 9.80. The molecule has 150 valence electrons. The highest BCUT2D eigenvalue weighted by molar-refractivity contribution is 7.09. The molecular weight excluding hydrogens is 376 g/mol. The van der Waals surface area contributed by atoms with Gasteiger partial charge in [-0.2, -0.15) is 0 Å². The molecule has 2 aromatic rings. The first kappa shape index (κ1) is 19.2. The Bertz CT molecular complexity index is 801. The van der Waals surface area contributed by atoms with Crippen LogP contribution < -0.4 is 14.4 Å². The van der Waals surface area contributed by atoms with E-state index in [-0.39, 0.29) is 18.1 Å². The van der Waals surface area contributed by atoms with Gasteiger partial charge in [-0.15, -0.1) is 11.3 Å². The quantitative estimate of drug-likeness (QED) is 0.769. The number of carbonyl (C=O) groups is 1. The van der Waals surface area contributed by atoms with Crippen LogP contribution in [0.4, 0.5) is 5.69 Å². The Morgan fingerprint density at radius 1 is 1.14 bits per heavy atom.